The van der Waals surface area contributed by atoms with Crippen LogP contribution in [0.15, 0.2) is 12.1 Å². The van der Waals surface area contributed by atoms with Crippen molar-refractivity contribution in [2.45, 2.75) is 26.7 Å². The Bertz CT molecular complexity index is 426. The van der Waals surface area contributed by atoms with E-state index in [0.717, 1.165) is 6.42 Å². The van der Waals surface area contributed by atoms with Gasteiger partial charge < -0.3 is 14.6 Å². The third kappa shape index (κ3) is 2.94. The van der Waals surface area contributed by atoms with Gasteiger partial charge in [0.15, 0.2) is 11.5 Å². The zero-order valence-electron chi connectivity index (χ0n) is 11.3. The fraction of sp³-hybridized carbons (Fsp3) is 0.500. The van der Waals surface area contributed by atoms with Gasteiger partial charge in [0.2, 0.25) is 0 Å². The first-order chi connectivity index (χ1) is 8.54. The summed E-state index contributed by atoms with van der Waals surface area (Å²) in [5, 5.41) is 9.24. The van der Waals surface area contributed by atoms with E-state index < -0.39 is 5.97 Å². The monoisotopic (exact) mass is 252 g/mol. The lowest BCUT2D eigenvalue weighted by Gasteiger charge is -2.17. The van der Waals surface area contributed by atoms with Crippen molar-refractivity contribution in [3.8, 4) is 11.5 Å². The standard InChI is InChI=1S/C14H20O4/c1-5-9(2)8-11-10(14(15)16)6-7-12(17-3)13(11)18-4/h6-7,9H,5,8H2,1-4H3,(H,15,16). The SMILES string of the molecule is CCC(C)Cc1c(C(=O)O)ccc(OC)c1OC. The van der Waals surface area contributed by atoms with Gasteiger partial charge in [-0.05, 0) is 24.5 Å². The maximum Gasteiger partial charge on any atom is 0.336 e. The van der Waals surface area contributed by atoms with Crippen LogP contribution in [0.5, 0.6) is 11.5 Å². The van der Waals surface area contributed by atoms with Gasteiger partial charge >= 0.3 is 5.97 Å². The van der Waals surface area contributed by atoms with Crippen LogP contribution in [0.1, 0.15) is 36.2 Å². The summed E-state index contributed by atoms with van der Waals surface area (Å²) in [5.41, 5.74) is 0.992. The Morgan fingerprint density at radius 3 is 2.44 bits per heavy atom. The van der Waals surface area contributed by atoms with Gasteiger partial charge in [0.25, 0.3) is 0 Å². The maximum absolute atomic E-state index is 11.3. The Labute approximate surface area is 108 Å². The number of methoxy groups -OCH3 is 2. The van der Waals surface area contributed by atoms with E-state index in [1.165, 1.54) is 7.11 Å². The molecular formula is C14H20O4. The summed E-state index contributed by atoms with van der Waals surface area (Å²) >= 11 is 0. The summed E-state index contributed by atoms with van der Waals surface area (Å²) in [6.07, 6.45) is 1.65. The van der Waals surface area contributed by atoms with E-state index in [0.29, 0.717) is 29.4 Å². The highest BCUT2D eigenvalue weighted by atomic mass is 16.5. The molecule has 1 aromatic rings. The summed E-state index contributed by atoms with van der Waals surface area (Å²) in [7, 11) is 3.08. The van der Waals surface area contributed by atoms with Gasteiger partial charge in [0.05, 0.1) is 19.8 Å². The van der Waals surface area contributed by atoms with Crippen molar-refractivity contribution < 1.29 is 19.4 Å². The minimum atomic E-state index is -0.936. The number of carbonyl (C=O) groups is 1. The van der Waals surface area contributed by atoms with Crippen LogP contribution in [0.2, 0.25) is 0 Å². The lowest BCUT2D eigenvalue weighted by molar-refractivity contribution is 0.0695. The highest BCUT2D eigenvalue weighted by molar-refractivity contribution is 5.90. The third-order valence-corrected chi connectivity index (χ3v) is 3.13. The van der Waals surface area contributed by atoms with Crippen molar-refractivity contribution in [1.29, 1.82) is 0 Å². The largest absolute Gasteiger partial charge is 0.493 e. The van der Waals surface area contributed by atoms with Crippen molar-refractivity contribution in [2.24, 2.45) is 5.92 Å². The zero-order chi connectivity index (χ0) is 13.7. The van der Waals surface area contributed by atoms with Crippen molar-refractivity contribution in [2.75, 3.05) is 14.2 Å². The number of hydrogen-bond acceptors (Lipinski definition) is 3. The molecule has 1 aromatic carbocycles. The van der Waals surface area contributed by atoms with Crippen LogP contribution >= 0.6 is 0 Å². The molecule has 4 nitrogen and oxygen atoms in total. The number of rotatable bonds is 6. The second-order valence-electron chi connectivity index (χ2n) is 4.35. The first-order valence-electron chi connectivity index (χ1n) is 6.02. The molecule has 0 radical (unpaired) electrons. The minimum absolute atomic E-state index is 0.285. The van der Waals surface area contributed by atoms with Gasteiger partial charge in [-0.2, -0.15) is 0 Å². The fourth-order valence-corrected chi connectivity index (χ4v) is 1.89. The molecular weight excluding hydrogens is 232 g/mol. The molecule has 1 atom stereocenters. The molecule has 18 heavy (non-hydrogen) atoms. The number of ether oxygens (including phenoxy) is 2. The summed E-state index contributed by atoms with van der Waals surface area (Å²) < 4.78 is 10.5. The quantitative estimate of drug-likeness (QED) is 0.845. The third-order valence-electron chi connectivity index (χ3n) is 3.13. The second kappa shape index (κ2) is 6.28. The molecule has 0 saturated carbocycles. The van der Waals surface area contributed by atoms with Crippen molar-refractivity contribution >= 4 is 5.97 Å². The lowest BCUT2D eigenvalue weighted by Crippen LogP contribution is -2.09. The van der Waals surface area contributed by atoms with Crippen LogP contribution in [-0.4, -0.2) is 25.3 Å². The molecule has 0 fully saturated rings. The van der Waals surface area contributed by atoms with Gasteiger partial charge in [-0.25, -0.2) is 4.79 Å². The average molecular weight is 252 g/mol. The van der Waals surface area contributed by atoms with Crippen molar-refractivity contribution in [3.05, 3.63) is 23.3 Å². The van der Waals surface area contributed by atoms with E-state index in [1.807, 2.05) is 0 Å². The Morgan fingerprint density at radius 2 is 2.00 bits per heavy atom. The molecule has 0 spiro atoms. The summed E-state index contributed by atoms with van der Waals surface area (Å²) in [5.74, 6) is 0.553. The molecule has 1 unspecified atom stereocenters. The molecule has 100 valence electrons. The lowest BCUT2D eigenvalue weighted by atomic mass is 9.94. The second-order valence-corrected chi connectivity index (χ2v) is 4.35. The van der Waals surface area contributed by atoms with Crippen LogP contribution in [-0.2, 0) is 6.42 Å². The number of carboxylic acid groups (broad SMARTS) is 1. The number of hydrogen-bond donors (Lipinski definition) is 1. The first kappa shape index (κ1) is 14.4. The summed E-state index contributed by atoms with van der Waals surface area (Å²) in [6, 6.07) is 3.20. The normalized spacial score (nSPS) is 12.0. The van der Waals surface area contributed by atoms with Crippen LogP contribution in [0.3, 0.4) is 0 Å². The van der Waals surface area contributed by atoms with E-state index in [1.54, 1.807) is 19.2 Å². The van der Waals surface area contributed by atoms with Gasteiger partial charge in [0.1, 0.15) is 0 Å². The highest BCUT2D eigenvalue weighted by Gasteiger charge is 2.20. The van der Waals surface area contributed by atoms with E-state index in [9.17, 15) is 9.90 Å². The van der Waals surface area contributed by atoms with E-state index >= 15 is 0 Å². The Hall–Kier alpha value is -1.71. The molecule has 0 aromatic heterocycles. The van der Waals surface area contributed by atoms with E-state index in [4.69, 9.17) is 9.47 Å². The van der Waals surface area contributed by atoms with Crippen LogP contribution in [0.25, 0.3) is 0 Å². The van der Waals surface area contributed by atoms with E-state index in [2.05, 4.69) is 13.8 Å². The molecule has 0 aliphatic heterocycles. The van der Waals surface area contributed by atoms with Crippen molar-refractivity contribution in [1.82, 2.24) is 0 Å². The predicted molar refractivity (Wildman–Crippen MR) is 69.7 cm³/mol. The molecule has 1 N–H and O–H groups in total. The molecule has 0 heterocycles. The molecule has 0 bridgehead atoms. The smallest absolute Gasteiger partial charge is 0.336 e. The van der Waals surface area contributed by atoms with Gasteiger partial charge in [-0.15, -0.1) is 0 Å². The van der Waals surface area contributed by atoms with Gasteiger partial charge in [-0.3, -0.25) is 0 Å². The molecule has 0 aliphatic carbocycles. The highest BCUT2D eigenvalue weighted by Crippen LogP contribution is 2.35. The molecule has 0 saturated heterocycles. The first-order valence-corrected chi connectivity index (χ1v) is 6.02. The summed E-state index contributed by atoms with van der Waals surface area (Å²) in [6.45, 7) is 4.17. The number of carboxylic acids is 1. The van der Waals surface area contributed by atoms with Crippen LogP contribution in [0.4, 0.5) is 0 Å². The Morgan fingerprint density at radius 1 is 1.33 bits per heavy atom. The predicted octanol–water partition coefficient (Wildman–Crippen LogP) is 2.99. The number of benzene rings is 1. The van der Waals surface area contributed by atoms with Gasteiger partial charge in [0, 0.05) is 5.56 Å². The topological polar surface area (TPSA) is 55.8 Å². The van der Waals surface area contributed by atoms with Crippen molar-refractivity contribution in [3.63, 3.8) is 0 Å². The molecule has 4 heteroatoms. The minimum Gasteiger partial charge on any atom is -0.493 e. The van der Waals surface area contributed by atoms with Crippen LogP contribution in [0, 0.1) is 5.92 Å². The Balaban J connectivity index is 3.33. The molecule has 0 aliphatic rings. The number of aromatic carboxylic acids is 1. The molecule has 1 rings (SSSR count). The van der Waals surface area contributed by atoms with Crippen LogP contribution < -0.4 is 9.47 Å². The van der Waals surface area contributed by atoms with Gasteiger partial charge in [-0.1, -0.05) is 20.3 Å². The zero-order valence-corrected chi connectivity index (χ0v) is 11.3. The Kier molecular flexibility index (Phi) is 5.01. The van der Waals surface area contributed by atoms with E-state index in [-0.39, 0.29) is 5.56 Å². The average Bonchev–Trinajstić information content (AvgIpc) is 2.37. The fourth-order valence-electron chi connectivity index (χ4n) is 1.89. The molecule has 0 amide bonds. The summed E-state index contributed by atoms with van der Waals surface area (Å²) in [4.78, 5) is 11.3. The maximum atomic E-state index is 11.3.